The van der Waals surface area contributed by atoms with E-state index in [-0.39, 0.29) is 0 Å². The highest BCUT2D eigenvalue weighted by molar-refractivity contribution is 6.32. The molecule has 1 saturated heterocycles. The molecule has 9 nitrogen and oxygen atoms in total. The molecule has 0 aliphatic carbocycles. The van der Waals surface area contributed by atoms with Crippen LogP contribution in [0.2, 0.25) is 5.15 Å². The number of fused-ring (bicyclic) bond motifs is 5. The second kappa shape index (κ2) is 8.98. The third-order valence-corrected chi connectivity index (χ3v) is 7.70. The van der Waals surface area contributed by atoms with Gasteiger partial charge in [-0.05, 0) is 59.9 Å². The predicted molar refractivity (Wildman–Crippen MR) is 140 cm³/mol. The van der Waals surface area contributed by atoms with E-state index in [9.17, 15) is 9.90 Å². The van der Waals surface area contributed by atoms with Crippen LogP contribution >= 0.6 is 11.6 Å². The van der Waals surface area contributed by atoms with Gasteiger partial charge in [0, 0.05) is 37.9 Å². The molecule has 10 heteroatoms. The molecule has 6 rings (SSSR count). The molecule has 186 valence electrons. The lowest BCUT2D eigenvalue weighted by atomic mass is 10.1. The van der Waals surface area contributed by atoms with Crippen LogP contribution in [0, 0.1) is 17.2 Å². The normalized spacial score (nSPS) is 15.9. The van der Waals surface area contributed by atoms with Gasteiger partial charge in [-0.25, -0.2) is 4.79 Å². The molecule has 2 aliphatic heterocycles. The summed E-state index contributed by atoms with van der Waals surface area (Å²) in [6, 6.07) is 18.0. The number of nitrogens with zero attached hydrogens (tertiary/aromatic N) is 7. The average molecular weight is 514 g/mol. The SMILES string of the molecule is CN(CC1CCN(c2ccc3c(c2)Cn2c(cc(-c4ccc(C#N)cc4)c2Cl)-c2nncn2-3)C1)C(=O)O. The van der Waals surface area contributed by atoms with Crippen LogP contribution in [0.25, 0.3) is 28.3 Å². The van der Waals surface area contributed by atoms with Crippen molar-refractivity contribution < 1.29 is 9.90 Å². The first kappa shape index (κ1) is 23.1. The van der Waals surface area contributed by atoms with E-state index in [2.05, 4.69) is 43.9 Å². The Kier molecular flexibility index (Phi) is 5.61. The van der Waals surface area contributed by atoms with Gasteiger partial charge in [0.15, 0.2) is 5.82 Å². The van der Waals surface area contributed by atoms with Gasteiger partial charge >= 0.3 is 6.09 Å². The monoisotopic (exact) mass is 513 g/mol. The van der Waals surface area contributed by atoms with Gasteiger partial charge in [-0.3, -0.25) is 4.57 Å². The molecule has 1 fully saturated rings. The van der Waals surface area contributed by atoms with Crippen molar-refractivity contribution in [2.24, 2.45) is 5.92 Å². The average Bonchev–Trinajstić information content (AvgIpc) is 3.62. The minimum absolute atomic E-state index is 0.296. The number of rotatable bonds is 4. The molecule has 2 aromatic heterocycles. The Morgan fingerprint density at radius 3 is 2.81 bits per heavy atom. The molecule has 37 heavy (non-hydrogen) atoms. The van der Waals surface area contributed by atoms with E-state index in [0.29, 0.717) is 35.5 Å². The topological polar surface area (TPSA) is 103 Å². The number of anilines is 1. The van der Waals surface area contributed by atoms with Gasteiger partial charge < -0.3 is 19.5 Å². The maximum Gasteiger partial charge on any atom is 0.407 e. The summed E-state index contributed by atoms with van der Waals surface area (Å²) in [5.74, 6) is 1.01. The highest BCUT2D eigenvalue weighted by Gasteiger charge is 2.28. The van der Waals surface area contributed by atoms with Crippen LogP contribution in [0.4, 0.5) is 10.5 Å². The Bertz CT molecular complexity index is 1550. The van der Waals surface area contributed by atoms with Crippen molar-refractivity contribution in [3.8, 4) is 34.4 Å². The van der Waals surface area contributed by atoms with Crippen LogP contribution < -0.4 is 4.90 Å². The molecule has 2 aromatic carbocycles. The predicted octanol–water partition coefficient (Wildman–Crippen LogP) is 4.73. The molecule has 1 unspecified atom stereocenters. The van der Waals surface area contributed by atoms with Crippen molar-refractivity contribution in [3.05, 3.63) is 71.1 Å². The fourth-order valence-electron chi connectivity index (χ4n) is 5.36. The van der Waals surface area contributed by atoms with E-state index in [0.717, 1.165) is 53.3 Å². The number of hydrogen-bond acceptors (Lipinski definition) is 5. The summed E-state index contributed by atoms with van der Waals surface area (Å²) in [6.45, 7) is 2.79. The first-order valence-corrected chi connectivity index (χ1v) is 12.4. The number of halogens is 1. The van der Waals surface area contributed by atoms with Crippen LogP contribution in [-0.4, -0.2) is 62.1 Å². The van der Waals surface area contributed by atoms with Gasteiger partial charge in [-0.15, -0.1) is 10.2 Å². The third-order valence-electron chi connectivity index (χ3n) is 7.29. The van der Waals surface area contributed by atoms with Crippen LogP contribution in [0.1, 0.15) is 17.5 Å². The van der Waals surface area contributed by atoms with Gasteiger partial charge in [-0.1, -0.05) is 23.7 Å². The second-order valence-corrected chi connectivity index (χ2v) is 9.97. The Hall–Kier alpha value is -4.29. The standard InChI is InChI=1S/C27H24ClN7O2/c1-32(27(36)37)13-18-8-9-33(14-18)21-6-7-23-20(10-21)15-34-24(26-31-30-16-35(23)26)11-22(25(34)28)19-4-2-17(12-29)3-5-19/h2-7,10-11,16,18H,8-9,13-15H2,1H3,(H,36,37). The Morgan fingerprint density at radius 2 is 2.05 bits per heavy atom. The Labute approximate surface area is 218 Å². The zero-order valence-electron chi connectivity index (χ0n) is 20.2. The largest absolute Gasteiger partial charge is 0.465 e. The molecular formula is C27H24ClN7O2. The number of hydrogen-bond donors (Lipinski definition) is 1. The van der Waals surface area contributed by atoms with E-state index >= 15 is 0 Å². The van der Waals surface area contributed by atoms with Crippen LogP contribution in [0.5, 0.6) is 0 Å². The molecule has 4 aromatic rings. The highest BCUT2D eigenvalue weighted by atomic mass is 35.5. The fourth-order valence-corrected chi connectivity index (χ4v) is 5.67. The second-order valence-electron chi connectivity index (χ2n) is 9.61. The number of nitriles is 1. The van der Waals surface area contributed by atoms with Crippen molar-refractivity contribution in [2.75, 3.05) is 31.6 Å². The van der Waals surface area contributed by atoms with Crippen molar-refractivity contribution >= 4 is 23.4 Å². The van der Waals surface area contributed by atoms with E-state index in [4.69, 9.17) is 16.9 Å². The molecule has 0 spiro atoms. The summed E-state index contributed by atoms with van der Waals surface area (Å²) in [6.07, 6.45) is 1.78. The lowest BCUT2D eigenvalue weighted by molar-refractivity contribution is 0.150. The fraction of sp³-hybridized carbons (Fsp3) is 0.259. The van der Waals surface area contributed by atoms with Gasteiger partial charge in [0.05, 0.1) is 29.6 Å². The Balaban J connectivity index is 1.35. The van der Waals surface area contributed by atoms with Gasteiger partial charge in [0.1, 0.15) is 11.5 Å². The lowest BCUT2D eigenvalue weighted by Crippen LogP contribution is -2.32. The van der Waals surface area contributed by atoms with Crippen molar-refractivity contribution in [1.82, 2.24) is 24.2 Å². The number of carboxylic acid groups (broad SMARTS) is 1. The van der Waals surface area contributed by atoms with Gasteiger partial charge in [0.2, 0.25) is 0 Å². The highest BCUT2D eigenvalue weighted by Crippen LogP contribution is 2.40. The molecule has 1 N–H and O–H groups in total. The molecule has 0 saturated carbocycles. The third kappa shape index (κ3) is 3.99. The van der Waals surface area contributed by atoms with Crippen LogP contribution in [0.15, 0.2) is 54.9 Å². The molecule has 2 aliphatic rings. The zero-order valence-corrected chi connectivity index (χ0v) is 20.9. The minimum Gasteiger partial charge on any atom is -0.465 e. The summed E-state index contributed by atoms with van der Waals surface area (Å²) >= 11 is 6.96. The van der Waals surface area contributed by atoms with Gasteiger partial charge in [0.25, 0.3) is 0 Å². The molecule has 1 amide bonds. The quantitative estimate of drug-likeness (QED) is 0.373. The first-order valence-electron chi connectivity index (χ1n) is 12.0. The molecule has 4 heterocycles. The number of aromatic nitrogens is 4. The molecule has 1 atom stereocenters. The number of carbonyl (C=O) groups is 1. The van der Waals surface area contributed by atoms with Crippen LogP contribution in [-0.2, 0) is 6.54 Å². The number of amides is 1. The summed E-state index contributed by atoms with van der Waals surface area (Å²) in [5.41, 5.74) is 6.47. The summed E-state index contributed by atoms with van der Waals surface area (Å²) in [7, 11) is 1.62. The molecule has 0 bridgehead atoms. The smallest absolute Gasteiger partial charge is 0.407 e. The van der Waals surface area contributed by atoms with E-state index in [1.165, 1.54) is 4.90 Å². The zero-order chi connectivity index (χ0) is 25.7. The minimum atomic E-state index is -0.895. The number of benzene rings is 2. The van der Waals surface area contributed by atoms with Gasteiger partial charge in [-0.2, -0.15) is 5.26 Å². The van der Waals surface area contributed by atoms with E-state index in [1.807, 2.05) is 22.8 Å². The van der Waals surface area contributed by atoms with Crippen LogP contribution in [0.3, 0.4) is 0 Å². The molecular weight excluding hydrogens is 490 g/mol. The van der Waals surface area contributed by atoms with E-state index in [1.54, 1.807) is 25.5 Å². The lowest BCUT2D eigenvalue weighted by Gasteiger charge is -2.22. The summed E-state index contributed by atoms with van der Waals surface area (Å²) < 4.78 is 4.05. The first-order chi connectivity index (χ1) is 17.9. The summed E-state index contributed by atoms with van der Waals surface area (Å²) in [5, 5.41) is 27.6. The summed E-state index contributed by atoms with van der Waals surface area (Å²) in [4.78, 5) is 14.9. The Morgan fingerprint density at radius 1 is 1.24 bits per heavy atom. The van der Waals surface area contributed by atoms with Crippen molar-refractivity contribution in [2.45, 2.75) is 13.0 Å². The maximum absolute atomic E-state index is 11.2. The van der Waals surface area contributed by atoms with E-state index < -0.39 is 6.09 Å². The van der Waals surface area contributed by atoms with Crippen molar-refractivity contribution in [3.63, 3.8) is 0 Å². The molecule has 0 radical (unpaired) electrons. The maximum atomic E-state index is 11.2. The van der Waals surface area contributed by atoms with Crippen molar-refractivity contribution in [1.29, 1.82) is 5.26 Å².